The second kappa shape index (κ2) is 17.8. The molecule has 27 heavy (non-hydrogen) atoms. The fraction of sp³-hybridized carbons (Fsp3) is 1.00. The van der Waals surface area contributed by atoms with Gasteiger partial charge in [0, 0.05) is 0 Å². The van der Waals surface area contributed by atoms with Gasteiger partial charge in [0.15, 0.2) is 0 Å². The molecule has 0 N–H and O–H groups in total. The fourth-order valence-electron chi connectivity index (χ4n) is 4.62. The molecule has 0 aromatic rings. The first kappa shape index (κ1) is 36.5. The summed E-state index contributed by atoms with van der Waals surface area (Å²) in [7, 11) is 3.91. The van der Waals surface area contributed by atoms with E-state index in [4.69, 9.17) is 0 Å². The first-order chi connectivity index (χ1) is 11.1. The second-order valence-electron chi connectivity index (χ2n) is 9.83. The molecule has 3 unspecified atom stereocenters. The molecule has 164 valence electrons. The van der Waals surface area contributed by atoms with Crippen LogP contribution in [0.4, 0.5) is 0 Å². The largest absolute Gasteiger partial charge is 2.00 e. The Morgan fingerprint density at radius 1 is 0.926 bits per heavy atom. The minimum Gasteiger partial charge on any atom is -1.00 e. The van der Waals surface area contributed by atoms with Crippen LogP contribution in [0.25, 0.3) is 0 Å². The minimum absolute atomic E-state index is 0. The Kier molecular flexibility index (Phi) is 24.1. The van der Waals surface area contributed by atoms with Crippen LogP contribution < -0.4 is 24.8 Å². The smallest absolute Gasteiger partial charge is 1.00 e. The van der Waals surface area contributed by atoms with E-state index in [1.165, 1.54) is 72.3 Å². The van der Waals surface area contributed by atoms with Gasteiger partial charge < -0.3 is 24.8 Å². The fourth-order valence-corrected chi connectivity index (χ4v) is 6.90. The molecule has 1 aliphatic carbocycles. The average Bonchev–Trinajstić information content (AvgIpc) is 2.47. The summed E-state index contributed by atoms with van der Waals surface area (Å²) in [5.41, 5.74) is 2.40. The van der Waals surface area contributed by atoms with Crippen LogP contribution in [-0.4, -0.2) is 18.0 Å². The van der Waals surface area contributed by atoms with E-state index in [2.05, 4.69) is 64.6 Å². The van der Waals surface area contributed by atoms with Gasteiger partial charge in [0.25, 0.3) is 0 Å². The summed E-state index contributed by atoms with van der Waals surface area (Å²) in [6, 6.07) is 0. The number of hydrogen-bond donors (Lipinski definition) is 0. The zero-order chi connectivity index (χ0) is 18.9. The first-order valence-electron chi connectivity index (χ1n) is 10.5. The van der Waals surface area contributed by atoms with Crippen LogP contribution >= 0.6 is 17.8 Å². The molecule has 0 aliphatic heterocycles. The average molecular weight is 493 g/mol. The zero-order valence-corrected chi connectivity index (χ0v) is 24.7. The van der Waals surface area contributed by atoms with E-state index in [1.807, 2.05) is 0 Å². The van der Waals surface area contributed by atoms with Crippen molar-refractivity contribution in [3.63, 3.8) is 0 Å². The van der Waals surface area contributed by atoms with E-state index in [1.54, 1.807) is 0 Å². The molecule has 1 aliphatic rings. The van der Waals surface area contributed by atoms with E-state index in [0.29, 0.717) is 16.2 Å². The van der Waals surface area contributed by atoms with Crippen LogP contribution in [0.3, 0.4) is 0 Å². The second-order valence-corrected chi connectivity index (χ2v) is 12.1. The molecule has 0 nitrogen and oxygen atoms in total. The molecule has 1 saturated carbocycles. The Morgan fingerprint density at radius 2 is 1.41 bits per heavy atom. The maximum absolute atomic E-state index is 2.70. The molecule has 0 bridgehead atoms. The van der Waals surface area contributed by atoms with Crippen molar-refractivity contribution in [2.45, 2.75) is 112 Å². The summed E-state index contributed by atoms with van der Waals surface area (Å²) in [4.78, 5) is 0. The Labute approximate surface area is 204 Å². The van der Waals surface area contributed by atoms with E-state index in [9.17, 15) is 0 Å². The van der Waals surface area contributed by atoms with Gasteiger partial charge >= 0.3 is 21.7 Å². The topological polar surface area (TPSA) is 0 Å². The summed E-state index contributed by atoms with van der Waals surface area (Å²) in [6.07, 6.45) is 14.1. The van der Waals surface area contributed by atoms with Crippen LogP contribution in [-0.2, 0) is 21.7 Å². The summed E-state index contributed by atoms with van der Waals surface area (Å²) in [5, 5.41) is 0. The van der Waals surface area contributed by atoms with Gasteiger partial charge in [0.1, 0.15) is 0 Å². The monoisotopic (exact) mass is 492 g/mol. The summed E-state index contributed by atoms with van der Waals surface area (Å²) >= 11 is 0. The molecule has 0 radical (unpaired) electrons. The van der Waals surface area contributed by atoms with Crippen molar-refractivity contribution in [1.82, 2.24) is 0 Å². The Hall–Kier alpha value is 2.15. The predicted molar refractivity (Wildman–Crippen MR) is 121 cm³/mol. The van der Waals surface area contributed by atoms with Crippen LogP contribution in [0, 0.1) is 16.2 Å². The van der Waals surface area contributed by atoms with Gasteiger partial charge in [-0.1, -0.05) is 81.1 Å². The van der Waals surface area contributed by atoms with Gasteiger partial charge in [0.2, 0.25) is 0 Å². The zero-order valence-electron chi connectivity index (χ0n) is 19.5. The summed E-state index contributed by atoms with van der Waals surface area (Å²) in [5.74, 6) is 0. The summed E-state index contributed by atoms with van der Waals surface area (Å²) in [6.45, 7) is 19.4. The van der Waals surface area contributed by atoms with Crippen molar-refractivity contribution in [3.8, 4) is 0 Å². The van der Waals surface area contributed by atoms with Crippen LogP contribution in [0.2, 0.25) is 0 Å². The normalized spacial score (nSPS) is 19.2. The summed E-state index contributed by atoms with van der Waals surface area (Å²) < 4.78 is 0. The van der Waals surface area contributed by atoms with Crippen LogP contribution in [0.1, 0.15) is 107 Å². The van der Waals surface area contributed by atoms with Crippen LogP contribution in [0.15, 0.2) is 0 Å². The molecule has 5 heteroatoms. The van der Waals surface area contributed by atoms with Crippen molar-refractivity contribution in [2.24, 2.45) is 16.2 Å². The Morgan fingerprint density at radius 3 is 1.74 bits per heavy atom. The number of rotatable bonds is 6. The molecule has 1 rings (SSSR count). The molecule has 0 saturated heterocycles. The maximum Gasteiger partial charge on any atom is 2.00 e. The molecule has 0 aromatic carbocycles. The minimum atomic E-state index is 0. The quantitative estimate of drug-likeness (QED) is 0.303. The standard InChI is InChI=1S/C18H37P.C4H11P.2ClH.Ti/c1-8-9-13-19-15-11-10-12-18(14-15,16(2,3)4)17(5,6)7;1-2-3-4-5;;;/h15,19H,8-14H2,1-7H3;2-5H2,1H3;2*1H;/q;;;;+2/p-2. The van der Waals surface area contributed by atoms with Gasteiger partial charge in [-0.25, -0.2) is 0 Å². The van der Waals surface area contributed by atoms with Gasteiger partial charge in [-0.2, -0.15) is 0 Å². The van der Waals surface area contributed by atoms with Crippen molar-refractivity contribution in [3.05, 3.63) is 0 Å². The number of hydrogen-bond acceptors (Lipinski definition) is 0. The molecular weight excluding hydrogens is 445 g/mol. The molecule has 0 spiro atoms. The molecule has 0 aromatic heterocycles. The van der Waals surface area contributed by atoms with Crippen molar-refractivity contribution >= 4 is 17.8 Å². The van der Waals surface area contributed by atoms with Crippen LogP contribution in [0.5, 0.6) is 0 Å². The molecule has 0 heterocycles. The Balaban J connectivity index is -0.000000294. The van der Waals surface area contributed by atoms with E-state index < -0.39 is 0 Å². The predicted octanol–water partition coefficient (Wildman–Crippen LogP) is 2.15. The van der Waals surface area contributed by atoms with Crippen molar-refractivity contribution in [1.29, 1.82) is 0 Å². The van der Waals surface area contributed by atoms with Crippen molar-refractivity contribution < 1.29 is 46.5 Å². The molecule has 0 amide bonds. The first-order valence-corrected chi connectivity index (χ1v) is 12.6. The molecule has 3 atom stereocenters. The van der Waals surface area contributed by atoms with Gasteiger partial charge in [-0.3, -0.25) is 0 Å². The third-order valence-electron chi connectivity index (χ3n) is 6.14. The number of halogens is 2. The van der Waals surface area contributed by atoms with Gasteiger partial charge in [-0.15, -0.1) is 17.8 Å². The van der Waals surface area contributed by atoms with E-state index in [-0.39, 0.29) is 46.5 Å². The van der Waals surface area contributed by atoms with E-state index in [0.717, 1.165) is 5.66 Å². The Bertz CT molecular complexity index is 309. The third-order valence-corrected chi connectivity index (χ3v) is 8.26. The van der Waals surface area contributed by atoms with Gasteiger partial charge in [-0.05, 0) is 59.9 Å². The SMILES string of the molecule is CCCCP.CCCCPC1CCCC(C(C)(C)C)(C(C)(C)C)C1.[Cl-].[Cl-].[Ti+2]. The van der Waals surface area contributed by atoms with Crippen molar-refractivity contribution in [2.75, 3.05) is 12.3 Å². The number of unbranched alkanes of at least 4 members (excludes halogenated alkanes) is 2. The molecular formula is C22H48Cl2P2Ti. The third kappa shape index (κ3) is 12.6. The van der Waals surface area contributed by atoms with E-state index >= 15 is 0 Å². The molecule has 1 fully saturated rings. The maximum atomic E-state index is 2.70. The van der Waals surface area contributed by atoms with Gasteiger partial charge in [0.05, 0.1) is 0 Å².